The lowest BCUT2D eigenvalue weighted by molar-refractivity contribution is -0.132. The fraction of sp³-hybridized carbons (Fsp3) is 0.636. The number of carboxylic acids is 1. The SMILES string of the molecule is CC(=CC(OP)C(C)[O])C(=O)O.[CH2]C(C)[O].[CH2]C(C)[O].[CH2]C(C)[O].[CH2]C(C)[O].[CH2]C(C)[O]. The third-order valence-corrected chi connectivity index (χ3v) is 1.69. The number of hydrogen-bond acceptors (Lipinski definition) is 2. The van der Waals surface area contributed by atoms with Crippen molar-refractivity contribution in [1.29, 1.82) is 0 Å². The fourth-order valence-electron chi connectivity index (χ4n) is 0.603. The van der Waals surface area contributed by atoms with Crippen molar-refractivity contribution in [3.8, 4) is 0 Å². The minimum Gasteiger partial charge on any atom is -0.478 e. The molecule has 0 saturated carbocycles. The van der Waals surface area contributed by atoms with Crippen molar-refractivity contribution in [2.24, 2.45) is 0 Å². The van der Waals surface area contributed by atoms with Crippen LogP contribution in [0.4, 0.5) is 0 Å². The second-order valence-electron chi connectivity index (χ2n) is 6.51. The molecule has 0 amide bonds. The Morgan fingerprint density at radius 3 is 1.00 bits per heavy atom. The van der Waals surface area contributed by atoms with Crippen LogP contribution in [-0.4, -0.2) is 53.8 Å². The van der Waals surface area contributed by atoms with E-state index in [2.05, 4.69) is 34.6 Å². The molecule has 8 unspecified atom stereocenters. The van der Waals surface area contributed by atoms with Gasteiger partial charge in [0.05, 0.1) is 30.5 Å². The first kappa shape index (κ1) is 44.9. The Labute approximate surface area is 198 Å². The average molecular weight is 482 g/mol. The second kappa shape index (κ2) is 32.5. The standard InChI is InChI=1S/C7H12O4P.5C3H6O/c1-4(7(9)10)3-6(11-12)5(2)8;5*1-3(2)4/h3,5-6H,12H2,1-2H3,(H,9,10);5*3H,1H2,2H3. The Balaban J connectivity index is -0.0000000706. The van der Waals surface area contributed by atoms with Crippen molar-refractivity contribution in [1.82, 2.24) is 0 Å². The zero-order valence-corrected chi connectivity index (χ0v) is 21.6. The van der Waals surface area contributed by atoms with E-state index < -0.39 is 48.7 Å². The van der Waals surface area contributed by atoms with Gasteiger partial charge in [0.15, 0.2) is 0 Å². The van der Waals surface area contributed by atoms with E-state index in [1.807, 2.05) is 9.47 Å². The molecule has 0 spiro atoms. The summed E-state index contributed by atoms with van der Waals surface area (Å²) in [4.78, 5) is 10.3. The normalized spacial score (nSPS) is 12.1. The molecule has 0 heterocycles. The quantitative estimate of drug-likeness (QED) is 0.470. The molecule has 0 fully saturated rings. The van der Waals surface area contributed by atoms with Gasteiger partial charge in [-0.15, -0.1) is 0 Å². The minimum absolute atomic E-state index is 0.116. The zero-order valence-electron chi connectivity index (χ0n) is 20.4. The van der Waals surface area contributed by atoms with E-state index in [-0.39, 0.29) is 5.57 Å². The molecule has 0 saturated heterocycles. The first-order valence-electron chi connectivity index (χ1n) is 9.52. The maximum absolute atomic E-state index is 10.8. The molecule has 0 aliphatic carbocycles. The van der Waals surface area contributed by atoms with Gasteiger partial charge in [0.1, 0.15) is 12.2 Å². The van der Waals surface area contributed by atoms with Crippen LogP contribution < -0.4 is 0 Å². The summed E-state index contributed by atoms with van der Waals surface area (Å²) in [5, 5.41) is 66.4. The molecule has 0 aromatic heterocycles. The molecule has 11 radical (unpaired) electrons. The van der Waals surface area contributed by atoms with Crippen molar-refractivity contribution in [3.05, 3.63) is 46.3 Å². The monoisotopic (exact) mass is 481 g/mol. The van der Waals surface area contributed by atoms with Crippen LogP contribution in [0, 0.1) is 34.6 Å². The van der Waals surface area contributed by atoms with Crippen molar-refractivity contribution in [3.63, 3.8) is 0 Å². The van der Waals surface area contributed by atoms with Gasteiger partial charge in [0.25, 0.3) is 0 Å². The highest BCUT2D eigenvalue weighted by Gasteiger charge is 2.14. The van der Waals surface area contributed by atoms with Crippen LogP contribution in [0.1, 0.15) is 48.5 Å². The maximum Gasteiger partial charge on any atom is 0.331 e. The third-order valence-electron chi connectivity index (χ3n) is 1.37. The summed E-state index contributed by atoms with van der Waals surface area (Å²) in [6.07, 6.45) is -3.71. The largest absolute Gasteiger partial charge is 0.478 e. The predicted molar refractivity (Wildman–Crippen MR) is 124 cm³/mol. The third kappa shape index (κ3) is 132. The van der Waals surface area contributed by atoms with Gasteiger partial charge in [0, 0.05) is 15.0 Å². The summed E-state index contributed by atoms with van der Waals surface area (Å²) in [6, 6.07) is 0. The number of rotatable bonds is 4. The first-order valence-corrected chi connectivity index (χ1v) is 10.00. The molecule has 0 aromatic rings. The van der Waals surface area contributed by atoms with Crippen molar-refractivity contribution in [2.75, 3.05) is 0 Å². The number of hydrogen-bond donors (Lipinski definition) is 1. The van der Waals surface area contributed by atoms with Gasteiger partial charge in [-0.3, -0.25) is 0 Å². The van der Waals surface area contributed by atoms with E-state index in [0.717, 1.165) is 0 Å². The van der Waals surface area contributed by atoms with Crippen molar-refractivity contribution >= 4 is 15.4 Å². The number of carbonyl (C=O) groups is 1. The summed E-state index contributed by atoms with van der Waals surface area (Å²) in [5.41, 5.74) is 0.116. The van der Waals surface area contributed by atoms with Gasteiger partial charge in [-0.1, -0.05) is 0 Å². The highest BCUT2D eigenvalue weighted by molar-refractivity contribution is 7.09. The predicted octanol–water partition coefficient (Wildman–Crippen LogP) is 4.21. The van der Waals surface area contributed by atoms with Gasteiger partial charge >= 0.3 is 5.97 Å². The summed E-state index contributed by atoms with van der Waals surface area (Å²) in [7, 11) is 1.95. The highest BCUT2D eigenvalue weighted by Crippen LogP contribution is 2.08. The lowest BCUT2D eigenvalue weighted by Crippen LogP contribution is -2.20. The molecule has 32 heavy (non-hydrogen) atoms. The Bertz CT molecular complexity index is 335. The molecule has 0 rings (SSSR count). The molecule has 10 heteroatoms. The van der Waals surface area contributed by atoms with E-state index in [0.29, 0.717) is 0 Å². The topological polar surface area (TPSA) is 166 Å². The molecule has 0 aromatic carbocycles. The summed E-state index contributed by atoms with van der Waals surface area (Å²) in [5.74, 6) is -1.04. The Morgan fingerprint density at radius 1 is 0.719 bits per heavy atom. The Hall–Kier alpha value is -0.640. The number of carboxylic acid groups (broad SMARTS) is 1. The zero-order chi connectivity index (χ0) is 27.6. The molecular formula is C22H42O9P. The van der Waals surface area contributed by atoms with Crippen LogP contribution in [0.2, 0.25) is 0 Å². The van der Waals surface area contributed by atoms with E-state index in [9.17, 15) is 35.4 Å². The van der Waals surface area contributed by atoms with Crippen molar-refractivity contribution in [2.45, 2.75) is 91.2 Å². The first-order chi connectivity index (χ1) is 14.1. The summed E-state index contributed by atoms with van der Waals surface area (Å²) < 4.78 is 4.70. The van der Waals surface area contributed by atoms with Crippen LogP contribution in [0.3, 0.4) is 0 Å². The van der Waals surface area contributed by atoms with Gasteiger partial charge < -0.3 is 9.63 Å². The van der Waals surface area contributed by atoms with Crippen LogP contribution in [-0.2, 0) is 40.0 Å². The van der Waals surface area contributed by atoms with Crippen LogP contribution in [0.15, 0.2) is 11.6 Å². The van der Waals surface area contributed by atoms with Crippen LogP contribution >= 0.6 is 9.47 Å². The lowest BCUT2D eigenvalue weighted by atomic mass is 10.1. The molecule has 189 valence electrons. The lowest BCUT2D eigenvalue weighted by Gasteiger charge is -2.11. The molecule has 9 nitrogen and oxygen atoms in total. The number of aliphatic carboxylic acids is 1. The van der Waals surface area contributed by atoms with Crippen molar-refractivity contribution < 1.29 is 45.1 Å². The minimum atomic E-state index is -1.04. The molecule has 1 N–H and O–H groups in total. The van der Waals surface area contributed by atoms with Gasteiger partial charge in [-0.25, -0.2) is 35.4 Å². The molecule has 0 aliphatic heterocycles. The second-order valence-corrected chi connectivity index (χ2v) is 6.79. The Kier molecular flexibility index (Phi) is 45.7. The van der Waals surface area contributed by atoms with Gasteiger partial charge in [-0.2, -0.15) is 0 Å². The summed E-state index contributed by atoms with van der Waals surface area (Å²) in [6.45, 7) is 25.8. The highest BCUT2D eigenvalue weighted by atomic mass is 31.0. The Morgan fingerprint density at radius 2 is 0.906 bits per heavy atom. The maximum atomic E-state index is 10.8. The van der Waals surface area contributed by atoms with E-state index in [1.54, 1.807) is 0 Å². The van der Waals surface area contributed by atoms with E-state index in [4.69, 9.17) is 9.63 Å². The molecular weight excluding hydrogens is 439 g/mol. The average Bonchev–Trinajstić information content (AvgIpc) is 2.49. The van der Waals surface area contributed by atoms with Crippen LogP contribution in [0.25, 0.3) is 0 Å². The van der Waals surface area contributed by atoms with Gasteiger partial charge in [0.2, 0.25) is 0 Å². The van der Waals surface area contributed by atoms with Crippen LogP contribution in [0.5, 0.6) is 0 Å². The molecule has 0 bridgehead atoms. The fourth-order valence-corrected chi connectivity index (χ4v) is 0.903. The van der Waals surface area contributed by atoms with E-state index >= 15 is 0 Å². The van der Waals surface area contributed by atoms with E-state index in [1.165, 1.54) is 54.5 Å². The molecule has 8 atom stereocenters. The summed E-state index contributed by atoms with van der Waals surface area (Å²) >= 11 is 0. The van der Waals surface area contributed by atoms with Gasteiger partial charge in [-0.05, 0) is 89.2 Å². The molecule has 0 aliphatic rings. The smallest absolute Gasteiger partial charge is 0.331 e.